The molecule has 0 bridgehead atoms. The van der Waals surface area contributed by atoms with Crippen LogP contribution in [0.5, 0.6) is 0 Å². The third-order valence-electron chi connectivity index (χ3n) is 4.28. The van der Waals surface area contributed by atoms with Gasteiger partial charge in [-0.15, -0.1) is 0 Å². The van der Waals surface area contributed by atoms with Gasteiger partial charge in [-0.1, -0.05) is 41.4 Å². The predicted octanol–water partition coefficient (Wildman–Crippen LogP) is 4.19. The minimum atomic E-state index is -3.99. The van der Waals surface area contributed by atoms with Crippen LogP contribution in [-0.4, -0.2) is 30.3 Å². The number of benzene rings is 2. The van der Waals surface area contributed by atoms with E-state index in [-0.39, 0.29) is 25.8 Å². The number of imide groups is 1. The summed E-state index contributed by atoms with van der Waals surface area (Å²) in [4.78, 5) is 32.1. The first-order chi connectivity index (χ1) is 14.6. The molecule has 0 aliphatic carbocycles. The summed E-state index contributed by atoms with van der Waals surface area (Å²) in [6.07, 6.45) is 2.05. The minimum absolute atomic E-state index is 0.0418. The second-order valence-electron chi connectivity index (χ2n) is 6.49. The SMILES string of the molecule is Cc1cccc(C)c1C(=O)NC(=O)Nc1cnc(S(=O)(=O)c2ccc(Cl)c(Cl)c2)cn1. The monoisotopic (exact) mass is 478 g/mol. The summed E-state index contributed by atoms with van der Waals surface area (Å²) in [6, 6.07) is 8.37. The van der Waals surface area contributed by atoms with Crippen LogP contribution in [0.15, 0.2) is 58.7 Å². The minimum Gasteiger partial charge on any atom is -0.291 e. The van der Waals surface area contributed by atoms with Crippen molar-refractivity contribution in [3.8, 4) is 0 Å². The van der Waals surface area contributed by atoms with Crippen LogP contribution in [-0.2, 0) is 9.84 Å². The molecule has 3 aromatic rings. The van der Waals surface area contributed by atoms with Gasteiger partial charge in [0, 0.05) is 5.56 Å². The summed E-state index contributed by atoms with van der Waals surface area (Å²) in [7, 11) is -3.99. The third-order valence-corrected chi connectivity index (χ3v) is 6.66. The Morgan fingerprint density at radius 3 is 2.19 bits per heavy atom. The molecule has 160 valence electrons. The van der Waals surface area contributed by atoms with Crippen molar-refractivity contribution in [3.63, 3.8) is 0 Å². The van der Waals surface area contributed by atoms with Gasteiger partial charge in [0.2, 0.25) is 9.84 Å². The summed E-state index contributed by atoms with van der Waals surface area (Å²) in [5.41, 5.74) is 1.84. The molecule has 1 aromatic heterocycles. The van der Waals surface area contributed by atoms with Crippen LogP contribution >= 0.6 is 23.2 Å². The average molecular weight is 479 g/mol. The molecule has 0 aliphatic heterocycles. The van der Waals surface area contributed by atoms with Gasteiger partial charge in [-0.25, -0.2) is 23.2 Å². The molecule has 0 fully saturated rings. The van der Waals surface area contributed by atoms with Crippen molar-refractivity contribution in [2.75, 3.05) is 5.32 Å². The van der Waals surface area contributed by atoms with Gasteiger partial charge in [0.25, 0.3) is 5.91 Å². The Kier molecular flexibility index (Phi) is 6.59. The number of rotatable bonds is 4. The van der Waals surface area contributed by atoms with Gasteiger partial charge in [-0.2, -0.15) is 0 Å². The molecular formula is C20H16Cl2N4O4S. The summed E-state index contributed by atoms with van der Waals surface area (Å²) < 4.78 is 25.3. The van der Waals surface area contributed by atoms with Crippen LogP contribution < -0.4 is 10.6 Å². The van der Waals surface area contributed by atoms with E-state index in [1.54, 1.807) is 26.0 Å². The molecule has 0 atom stereocenters. The highest BCUT2D eigenvalue weighted by Gasteiger charge is 2.21. The average Bonchev–Trinajstić information content (AvgIpc) is 2.70. The maximum Gasteiger partial charge on any atom is 0.327 e. The lowest BCUT2D eigenvalue weighted by Crippen LogP contribution is -2.35. The standard InChI is InChI=1S/C20H16Cl2N4O4S/c1-11-4-3-5-12(2)18(11)19(27)26-20(28)25-16-9-24-17(10-23-16)31(29,30)13-6-7-14(21)15(22)8-13/h3-10H,1-2H3,(H2,23,25,26,27,28). The fourth-order valence-electron chi connectivity index (χ4n) is 2.77. The number of hydrogen-bond donors (Lipinski definition) is 2. The molecule has 8 nitrogen and oxygen atoms in total. The van der Waals surface area contributed by atoms with E-state index in [4.69, 9.17) is 23.2 Å². The molecule has 0 aliphatic rings. The first-order valence-corrected chi connectivity index (χ1v) is 11.0. The smallest absolute Gasteiger partial charge is 0.291 e. The Hall–Kier alpha value is -3.01. The Morgan fingerprint density at radius 1 is 0.935 bits per heavy atom. The van der Waals surface area contributed by atoms with Crippen LogP contribution in [0, 0.1) is 13.8 Å². The molecule has 1 heterocycles. The van der Waals surface area contributed by atoms with Crippen LogP contribution in [0.25, 0.3) is 0 Å². The van der Waals surface area contributed by atoms with Crippen molar-refractivity contribution in [1.29, 1.82) is 0 Å². The molecule has 3 rings (SSSR count). The summed E-state index contributed by atoms with van der Waals surface area (Å²) in [5.74, 6) is -0.611. The van der Waals surface area contributed by atoms with Crippen LogP contribution in [0.1, 0.15) is 21.5 Å². The highest BCUT2D eigenvalue weighted by atomic mass is 35.5. The number of carbonyl (C=O) groups is 2. The van der Waals surface area contributed by atoms with Crippen LogP contribution in [0.4, 0.5) is 10.6 Å². The van der Waals surface area contributed by atoms with Gasteiger partial charge >= 0.3 is 6.03 Å². The number of anilines is 1. The topological polar surface area (TPSA) is 118 Å². The Balaban J connectivity index is 1.72. The van der Waals surface area contributed by atoms with E-state index in [0.29, 0.717) is 5.56 Å². The fraction of sp³-hybridized carbons (Fsp3) is 0.100. The normalized spacial score (nSPS) is 11.1. The number of urea groups is 1. The highest BCUT2D eigenvalue weighted by molar-refractivity contribution is 7.91. The third kappa shape index (κ3) is 5.01. The first kappa shape index (κ1) is 22.7. The van der Waals surface area contributed by atoms with Crippen molar-refractivity contribution >= 4 is 50.8 Å². The van der Waals surface area contributed by atoms with E-state index in [9.17, 15) is 18.0 Å². The lowest BCUT2D eigenvalue weighted by atomic mass is 10.0. The zero-order chi connectivity index (χ0) is 22.8. The zero-order valence-corrected chi connectivity index (χ0v) is 18.6. The van der Waals surface area contributed by atoms with E-state index < -0.39 is 21.8 Å². The maximum absolute atomic E-state index is 12.6. The Labute approximate surface area is 188 Å². The number of carbonyl (C=O) groups excluding carboxylic acids is 2. The molecule has 0 radical (unpaired) electrons. The van der Waals surface area contributed by atoms with Gasteiger partial charge in [-0.3, -0.25) is 15.4 Å². The number of hydrogen-bond acceptors (Lipinski definition) is 6. The van der Waals surface area contributed by atoms with Crippen molar-refractivity contribution < 1.29 is 18.0 Å². The van der Waals surface area contributed by atoms with E-state index in [2.05, 4.69) is 20.6 Å². The highest BCUT2D eigenvalue weighted by Crippen LogP contribution is 2.27. The number of aromatic nitrogens is 2. The first-order valence-electron chi connectivity index (χ1n) is 8.80. The largest absolute Gasteiger partial charge is 0.327 e. The number of halogens is 2. The molecule has 2 N–H and O–H groups in total. The number of sulfone groups is 1. The summed E-state index contributed by atoms with van der Waals surface area (Å²) in [5, 5.41) is 4.50. The van der Waals surface area contributed by atoms with Gasteiger partial charge in [-0.05, 0) is 43.2 Å². The summed E-state index contributed by atoms with van der Waals surface area (Å²) in [6.45, 7) is 3.52. The Morgan fingerprint density at radius 2 is 1.61 bits per heavy atom. The van der Waals surface area contributed by atoms with Gasteiger partial charge < -0.3 is 0 Å². The van der Waals surface area contributed by atoms with Gasteiger partial charge in [0.05, 0.1) is 27.3 Å². The lowest BCUT2D eigenvalue weighted by Gasteiger charge is -2.10. The zero-order valence-electron chi connectivity index (χ0n) is 16.3. The molecule has 0 unspecified atom stereocenters. The molecule has 2 aromatic carbocycles. The van der Waals surface area contributed by atoms with Crippen molar-refractivity contribution in [2.24, 2.45) is 0 Å². The van der Waals surface area contributed by atoms with E-state index >= 15 is 0 Å². The molecule has 31 heavy (non-hydrogen) atoms. The Bertz CT molecular complexity index is 1260. The van der Waals surface area contributed by atoms with Crippen molar-refractivity contribution in [3.05, 3.63) is 75.5 Å². The number of amides is 3. The number of aryl methyl sites for hydroxylation is 2. The van der Waals surface area contributed by atoms with Gasteiger partial charge in [0.15, 0.2) is 10.8 Å². The molecule has 0 spiro atoms. The van der Waals surface area contributed by atoms with Crippen LogP contribution in [0.3, 0.4) is 0 Å². The molecule has 0 saturated heterocycles. The van der Waals surface area contributed by atoms with Crippen molar-refractivity contribution in [1.82, 2.24) is 15.3 Å². The van der Waals surface area contributed by atoms with Gasteiger partial charge in [0.1, 0.15) is 0 Å². The second-order valence-corrected chi connectivity index (χ2v) is 9.21. The quantitative estimate of drug-likeness (QED) is 0.579. The summed E-state index contributed by atoms with van der Waals surface area (Å²) >= 11 is 11.7. The van der Waals surface area contributed by atoms with E-state index in [0.717, 1.165) is 23.5 Å². The number of nitrogens with one attached hydrogen (secondary N) is 2. The predicted molar refractivity (Wildman–Crippen MR) is 116 cm³/mol. The van der Waals surface area contributed by atoms with E-state index in [1.807, 2.05) is 6.07 Å². The molecule has 3 amide bonds. The second kappa shape index (κ2) is 9.01. The maximum atomic E-state index is 12.6. The fourth-order valence-corrected chi connectivity index (χ4v) is 4.28. The number of nitrogens with zero attached hydrogens (tertiary/aromatic N) is 2. The van der Waals surface area contributed by atoms with Crippen LogP contribution in [0.2, 0.25) is 10.0 Å². The molecule has 0 saturated carbocycles. The van der Waals surface area contributed by atoms with E-state index in [1.165, 1.54) is 18.2 Å². The lowest BCUT2D eigenvalue weighted by molar-refractivity contribution is 0.0966. The molecule has 11 heteroatoms. The van der Waals surface area contributed by atoms with Crippen molar-refractivity contribution in [2.45, 2.75) is 23.8 Å². The molecular weight excluding hydrogens is 463 g/mol.